The molecule has 24 heavy (non-hydrogen) atoms. The minimum absolute atomic E-state index is 0. The number of carbonyl (C=O) groups is 1. The molecule has 1 aromatic carbocycles. The second-order valence-electron chi connectivity index (χ2n) is 7.20. The Kier molecular flexibility index (Phi) is 5.70. The smallest absolute Gasteiger partial charge is 0.243 e. The molecule has 2 unspecified atom stereocenters. The van der Waals surface area contributed by atoms with Crippen molar-refractivity contribution in [2.45, 2.75) is 51.8 Å². The molecule has 4 nitrogen and oxygen atoms in total. The zero-order valence-corrected chi connectivity index (χ0v) is 16.9. The number of ether oxygens (including phenoxy) is 1. The van der Waals surface area contributed by atoms with Gasteiger partial charge in [-0.2, -0.15) is 0 Å². The molecule has 6 heteroatoms. The molecule has 1 aliphatic carbocycles. The molecule has 1 amide bonds. The Hall–Kier alpha value is -0.620. The minimum atomic E-state index is -0.823. The van der Waals surface area contributed by atoms with Crippen LogP contribution in [0.4, 0.5) is 0 Å². The number of fused-ring (bicyclic) bond motifs is 1. The maximum Gasteiger partial charge on any atom is 0.243 e. The average molecular weight is 418 g/mol. The van der Waals surface area contributed by atoms with Crippen LogP contribution in [0.25, 0.3) is 0 Å². The quantitative estimate of drug-likeness (QED) is 0.821. The van der Waals surface area contributed by atoms with Gasteiger partial charge in [-0.15, -0.1) is 12.4 Å². The highest BCUT2D eigenvalue weighted by atomic mass is 79.9. The van der Waals surface area contributed by atoms with Crippen LogP contribution in [0.5, 0.6) is 0 Å². The Labute approximate surface area is 158 Å². The van der Waals surface area contributed by atoms with Crippen LogP contribution in [0, 0.1) is 5.41 Å². The van der Waals surface area contributed by atoms with Gasteiger partial charge in [0.05, 0.1) is 6.10 Å². The topological polar surface area (TPSA) is 55.6 Å². The van der Waals surface area contributed by atoms with Crippen LogP contribution >= 0.6 is 28.3 Å². The summed E-state index contributed by atoms with van der Waals surface area (Å²) in [6.07, 6.45) is 1.54. The first-order valence-corrected chi connectivity index (χ1v) is 9.06. The van der Waals surface area contributed by atoms with E-state index in [1.54, 1.807) is 0 Å². The van der Waals surface area contributed by atoms with Crippen molar-refractivity contribution in [3.8, 4) is 0 Å². The van der Waals surface area contributed by atoms with E-state index in [1.165, 1.54) is 11.1 Å². The fraction of sp³-hybridized carbons (Fsp3) is 0.611. The van der Waals surface area contributed by atoms with E-state index in [4.69, 9.17) is 10.5 Å². The average Bonchev–Trinajstić information content (AvgIpc) is 2.53. The lowest BCUT2D eigenvalue weighted by atomic mass is 9.54. The standard InChI is InChI=1S/C18H25BrN2O2.ClH/c1-4-23-15-10-18(20,17(15,2)3)16(22)21-9-8-13-12(11-21)6-5-7-14(13)19;/h5-7,15H,4,8-11,20H2,1-3H3;1H. The maximum absolute atomic E-state index is 13.1. The molecule has 1 aromatic rings. The number of halogens is 2. The van der Waals surface area contributed by atoms with E-state index in [1.807, 2.05) is 31.7 Å². The molecule has 0 radical (unpaired) electrons. The third kappa shape index (κ3) is 2.90. The third-order valence-corrected chi connectivity index (χ3v) is 6.45. The van der Waals surface area contributed by atoms with Crippen LogP contribution in [-0.2, 0) is 22.5 Å². The number of amides is 1. The minimum Gasteiger partial charge on any atom is -0.378 e. The summed E-state index contributed by atoms with van der Waals surface area (Å²) in [6.45, 7) is 8.09. The summed E-state index contributed by atoms with van der Waals surface area (Å²) in [5.41, 5.74) is 7.90. The lowest BCUT2D eigenvalue weighted by molar-refractivity contribution is -0.180. The van der Waals surface area contributed by atoms with E-state index in [2.05, 4.69) is 28.1 Å². The molecular weight excluding hydrogens is 392 g/mol. The van der Waals surface area contributed by atoms with Gasteiger partial charge in [-0.3, -0.25) is 4.79 Å². The molecular formula is C18H26BrClN2O2. The summed E-state index contributed by atoms with van der Waals surface area (Å²) >= 11 is 3.60. The van der Waals surface area contributed by atoms with Gasteiger partial charge in [0.15, 0.2) is 0 Å². The number of benzene rings is 1. The Balaban J connectivity index is 0.00000208. The van der Waals surface area contributed by atoms with Crippen molar-refractivity contribution >= 4 is 34.2 Å². The molecule has 0 spiro atoms. The fourth-order valence-corrected chi connectivity index (χ4v) is 4.42. The number of rotatable bonds is 3. The van der Waals surface area contributed by atoms with Gasteiger partial charge in [-0.25, -0.2) is 0 Å². The Morgan fingerprint density at radius 1 is 1.46 bits per heavy atom. The van der Waals surface area contributed by atoms with Crippen LogP contribution in [0.2, 0.25) is 0 Å². The van der Waals surface area contributed by atoms with Gasteiger partial charge < -0.3 is 15.4 Å². The maximum atomic E-state index is 13.1. The molecule has 2 aliphatic rings. The highest BCUT2D eigenvalue weighted by Gasteiger charge is 2.63. The Morgan fingerprint density at radius 2 is 2.17 bits per heavy atom. The summed E-state index contributed by atoms with van der Waals surface area (Å²) in [7, 11) is 0. The van der Waals surface area contributed by atoms with Gasteiger partial charge in [0.25, 0.3) is 0 Å². The van der Waals surface area contributed by atoms with Crippen LogP contribution in [-0.4, -0.2) is 35.6 Å². The van der Waals surface area contributed by atoms with E-state index < -0.39 is 5.54 Å². The van der Waals surface area contributed by atoms with Gasteiger partial charge in [0.2, 0.25) is 5.91 Å². The molecule has 2 atom stereocenters. The van der Waals surface area contributed by atoms with Gasteiger partial charge >= 0.3 is 0 Å². The second-order valence-corrected chi connectivity index (χ2v) is 8.05. The van der Waals surface area contributed by atoms with Crippen molar-refractivity contribution < 1.29 is 9.53 Å². The van der Waals surface area contributed by atoms with Gasteiger partial charge in [0.1, 0.15) is 5.54 Å². The number of hydrogen-bond acceptors (Lipinski definition) is 3. The first-order valence-electron chi connectivity index (χ1n) is 8.27. The largest absolute Gasteiger partial charge is 0.378 e. The molecule has 1 fully saturated rings. The summed E-state index contributed by atoms with van der Waals surface area (Å²) < 4.78 is 6.87. The summed E-state index contributed by atoms with van der Waals surface area (Å²) in [5.74, 6) is 0.0593. The lowest BCUT2D eigenvalue weighted by Gasteiger charge is -2.59. The SMILES string of the molecule is CCOC1CC(N)(C(=O)N2CCc3c(Br)cccc3C2)C1(C)C.Cl. The van der Waals surface area contributed by atoms with Crippen molar-refractivity contribution in [1.29, 1.82) is 0 Å². The zero-order valence-electron chi connectivity index (χ0n) is 14.5. The normalized spacial score (nSPS) is 27.7. The number of carbonyl (C=O) groups excluding carboxylic acids is 1. The van der Waals surface area contributed by atoms with Crippen molar-refractivity contribution in [1.82, 2.24) is 4.90 Å². The zero-order chi connectivity index (χ0) is 16.8. The highest BCUT2D eigenvalue weighted by Crippen LogP contribution is 2.50. The van der Waals surface area contributed by atoms with Crippen LogP contribution < -0.4 is 5.73 Å². The van der Waals surface area contributed by atoms with Crippen molar-refractivity contribution in [3.63, 3.8) is 0 Å². The molecule has 3 rings (SSSR count). The molecule has 1 aliphatic heterocycles. The molecule has 134 valence electrons. The van der Waals surface area contributed by atoms with Gasteiger partial charge in [0, 0.05) is 36.0 Å². The summed E-state index contributed by atoms with van der Waals surface area (Å²) in [6, 6.07) is 6.17. The van der Waals surface area contributed by atoms with Gasteiger partial charge in [-0.05, 0) is 30.5 Å². The van der Waals surface area contributed by atoms with Crippen molar-refractivity contribution in [2.24, 2.45) is 11.1 Å². The highest BCUT2D eigenvalue weighted by molar-refractivity contribution is 9.10. The number of nitrogens with zero attached hydrogens (tertiary/aromatic N) is 1. The predicted molar refractivity (Wildman–Crippen MR) is 101 cm³/mol. The van der Waals surface area contributed by atoms with Crippen molar-refractivity contribution in [3.05, 3.63) is 33.8 Å². The Morgan fingerprint density at radius 3 is 2.79 bits per heavy atom. The number of hydrogen-bond donors (Lipinski definition) is 1. The fourth-order valence-electron chi connectivity index (χ4n) is 3.82. The molecule has 2 N–H and O–H groups in total. The number of nitrogens with two attached hydrogens (primary N) is 1. The van der Waals surface area contributed by atoms with Crippen LogP contribution in [0.3, 0.4) is 0 Å². The molecule has 1 saturated carbocycles. The summed E-state index contributed by atoms with van der Waals surface area (Å²) in [5, 5.41) is 0. The van der Waals surface area contributed by atoms with E-state index in [-0.39, 0.29) is 29.8 Å². The third-order valence-electron chi connectivity index (χ3n) is 5.71. The van der Waals surface area contributed by atoms with E-state index in [0.717, 1.165) is 17.4 Å². The lowest BCUT2D eigenvalue weighted by Crippen LogP contribution is -2.76. The summed E-state index contributed by atoms with van der Waals surface area (Å²) in [4.78, 5) is 15.0. The van der Waals surface area contributed by atoms with Crippen LogP contribution in [0.1, 0.15) is 38.3 Å². The van der Waals surface area contributed by atoms with Crippen LogP contribution in [0.15, 0.2) is 22.7 Å². The Bertz CT molecular complexity index is 637. The monoisotopic (exact) mass is 416 g/mol. The first kappa shape index (κ1) is 19.7. The molecule has 1 heterocycles. The van der Waals surface area contributed by atoms with E-state index in [9.17, 15) is 4.79 Å². The first-order chi connectivity index (χ1) is 10.8. The molecule has 0 aromatic heterocycles. The second kappa shape index (κ2) is 6.94. The molecule has 0 saturated heterocycles. The predicted octanol–water partition coefficient (Wildman–Crippen LogP) is 3.29. The van der Waals surface area contributed by atoms with E-state index in [0.29, 0.717) is 19.6 Å². The molecule has 0 bridgehead atoms. The van der Waals surface area contributed by atoms with E-state index >= 15 is 0 Å². The van der Waals surface area contributed by atoms with Gasteiger partial charge in [-0.1, -0.05) is 41.9 Å². The van der Waals surface area contributed by atoms with Crippen molar-refractivity contribution in [2.75, 3.05) is 13.2 Å².